The van der Waals surface area contributed by atoms with Crippen molar-refractivity contribution in [2.45, 2.75) is 6.61 Å². The fourth-order valence-corrected chi connectivity index (χ4v) is 1.70. The van der Waals surface area contributed by atoms with Crippen molar-refractivity contribution in [3.05, 3.63) is 64.4 Å². The van der Waals surface area contributed by atoms with E-state index in [1.165, 1.54) is 12.1 Å². The summed E-state index contributed by atoms with van der Waals surface area (Å²) in [5.41, 5.74) is 1.22. The fraction of sp³-hybridized carbons (Fsp3) is 0.0714. The summed E-state index contributed by atoms with van der Waals surface area (Å²) in [5.74, 6) is 0.0293. The van der Waals surface area contributed by atoms with Crippen LogP contribution in [0.25, 0.3) is 0 Å². The molecule has 18 heavy (non-hydrogen) atoms. The number of hydrogen-bond acceptors (Lipinski definition) is 2. The molecule has 92 valence electrons. The number of halogens is 2. The summed E-state index contributed by atoms with van der Waals surface area (Å²) in [6, 6.07) is 11.3. The van der Waals surface area contributed by atoms with Gasteiger partial charge in [0, 0.05) is 0 Å². The number of hydrogen-bond donors (Lipinski definition) is 0. The SMILES string of the molecule is O=Cc1ccccc1OCc1ccc(F)c(Cl)c1. The van der Waals surface area contributed by atoms with Crippen LogP contribution in [0, 0.1) is 5.82 Å². The minimum Gasteiger partial charge on any atom is -0.488 e. The largest absolute Gasteiger partial charge is 0.488 e. The van der Waals surface area contributed by atoms with Gasteiger partial charge in [0.15, 0.2) is 6.29 Å². The van der Waals surface area contributed by atoms with Crippen molar-refractivity contribution in [2.75, 3.05) is 0 Å². The van der Waals surface area contributed by atoms with Gasteiger partial charge < -0.3 is 4.74 Å². The van der Waals surface area contributed by atoms with Gasteiger partial charge in [0.05, 0.1) is 10.6 Å². The Labute approximate surface area is 109 Å². The van der Waals surface area contributed by atoms with Crippen molar-refractivity contribution in [1.29, 1.82) is 0 Å². The molecule has 0 fully saturated rings. The van der Waals surface area contributed by atoms with Crippen LogP contribution >= 0.6 is 11.6 Å². The molecule has 0 bridgehead atoms. The average molecular weight is 265 g/mol. The molecule has 2 nitrogen and oxygen atoms in total. The van der Waals surface area contributed by atoms with E-state index in [9.17, 15) is 9.18 Å². The zero-order valence-corrected chi connectivity index (χ0v) is 10.2. The van der Waals surface area contributed by atoms with Crippen LogP contribution in [-0.4, -0.2) is 6.29 Å². The summed E-state index contributed by atoms with van der Waals surface area (Å²) < 4.78 is 18.5. The summed E-state index contributed by atoms with van der Waals surface area (Å²) in [6.45, 7) is 0.227. The Kier molecular flexibility index (Phi) is 3.95. The van der Waals surface area contributed by atoms with Crippen molar-refractivity contribution in [3.63, 3.8) is 0 Å². The van der Waals surface area contributed by atoms with Crippen LogP contribution in [0.15, 0.2) is 42.5 Å². The number of benzene rings is 2. The van der Waals surface area contributed by atoms with E-state index in [2.05, 4.69) is 0 Å². The molecule has 0 aromatic heterocycles. The molecule has 0 radical (unpaired) electrons. The minimum absolute atomic E-state index is 0.0553. The van der Waals surface area contributed by atoms with Gasteiger partial charge in [-0.2, -0.15) is 0 Å². The van der Waals surface area contributed by atoms with Gasteiger partial charge in [0.25, 0.3) is 0 Å². The summed E-state index contributed by atoms with van der Waals surface area (Å²) >= 11 is 5.67. The van der Waals surface area contributed by atoms with Crippen LogP contribution in [0.2, 0.25) is 5.02 Å². The van der Waals surface area contributed by atoms with E-state index in [0.717, 1.165) is 11.8 Å². The number of carbonyl (C=O) groups is 1. The Hall–Kier alpha value is -1.87. The van der Waals surface area contributed by atoms with Gasteiger partial charge in [0.2, 0.25) is 0 Å². The molecule has 2 aromatic carbocycles. The van der Waals surface area contributed by atoms with E-state index < -0.39 is 5.82 Å². The van der Waals surface area contributed by atoms with E-state index in [-0.39, 0.29) is 11.6 Å². The zero-order chi connectivity index (χ0) is 13.0. The third-order valence-electron chi connectivity index (χ3n) is 2.42. The number of rotatable bonds is 4. The molecule has 0 unspecified atom stereocenters. The summed E-state index contributed by atoms with van der Waals surface area (Å²) in [5, 5.41) is 0.0553. The lowest BCUT2D eigenvalue weighted by molar-refractivity contribution is 0.111. The Morgan fingerprint density at radius 2 is 2.00 bits per heavy atom. The van der Waals surface area contributed by atoms with Crippen LogP contribution < -0.4 is 4.74 Å². The minimum atomic E-state index is -0.464. The van der Waals surface area contributed by atoms with Crippen LogP contribution in [0.1, 0.15) is 15.9 Å². The molecule has 0 heterocycles. The quantitative estimate of drug-likeness (QED) is 0.784. The number of para-hydroxylation sites is 1. The highest BCUT2D eigenvalue weighted by Gasteiger charge is 2.04. The summed E-state index contributed by atoms with van der Waals surface area (Å²) in [7, 11) is 0. The molecule has 0 aliphatic carbocycles. The van der Waals surface area contributed by atoms with Crippen molar-refractivity contribution < 1.29 is 13.9 Å². The van der Waals surface area contributed by atoms with Crippen LogP contribution in [0.5, 0.6) is 5.75 Å². The normalized spacial score (nSPS) is 10.1. The van der Waals surface area contributed by atoms with E-state index in [0.29, 0.717) is 11.3 Å². The van der Waals surface area contributed by atoms with Gasteiger partial charge in [-0.25, -0.2) is 4.39 Å². The molecule has 0 amide bonds. The molecule has 0 N–H and O–H groups in total. The molecule has 2 rings (SSSR count). The Balaban J connectivity index is 2.11. The second-order valence-electron chi connectivity index (χ2n) is 3.69. The van der Waals surface area contributed by atoms with E-state index in [1.807, 2.05) is 0 Å². The average Bonchev–Trinajstić information content (AvgIpc) is 2.40. The molecular formula is C14H10ClFO2. The predicted molar refractivity (Wildman–Crippen MR) is 67.6 cm³/mol. The number of aldehydes is 1. The molecule has 0 saturated heterocycles. The second-order valence-corrected chi connectivity index (χ2v) is 4.10. The van der Waals surface area contributed by atoms with Crippen LogP contribution in [0.4, 0.5) is 4.39 Å². The summed E-state index contributed by atoms with van der Waals surface area (Å²) in [6.07, 6.45) is 0.729. The monoisotopic (exact) mass is 264 g/mol. The highest BCUT2D eigenvalue weighted by molar-refractivity contribution is 6.30. The summed E-state index contributed by atoms with van der Waals surface area (Å²) in [4.78, 5) is 10.8. The fourth-order valence-electron chi connectivity index (χ4n) is 1.50. The topological polar surface area (TPSA) is 26.3 Å². The van der Waals surface area contributed by atoms with Gasteiger partial charge >= 0.3 is 0 Å². The predicted octanol–water partition coefficient (Wildman–Crippen LogP) is 3.87. The van der Waals surface area contributed by atoms with Crippen molar-refractivity contribution in [1.82, 2.24) is 0 Å². The smallest absolute Gasteiger partial charge is 0.153 e. The van der Waals surface area contributed by atoms with Crippen LogP contribution in [0.3, 0.4) is 0 Å². The Morgan fingerprint density at radius 1 is 1.22 bits per heavy atom. The molecule has 0 aliphatic heterocycles. The first-order valence-electron chi connectivity index (χ1n) is 5.31. The van der Waals surface area contributed by atoms with Gasteiger partial charge in [-0.1, -0.05) is 29.8 Å². The first kappa shape index (κ1) is 12.6. The Morgan fingerprint density at radius 3 is 2.72 bits per heavy atom. The third-order valence-corrected chi connectivity index (χ3v) is 2.71. The first-order chi connectivity index (χ1) is 8.70. The lowest BCUT2D eigenvalue weighted by Gasteiger charge is -2.08. The molecule has 0 spiro atoms. The molecule has 4 heteroatoms. The molecule has 0 aliphatic rings. The van der Waals surface area contributed by atoms with Gasteiger partial charge in [-0.15, -0.1) is 0 Å². The lowest BCUT2D eigenvalue weighted by Crippen LogP contribution is -1.98. The highest BCUT2D eigenvalue weighted by atomic mass is 35.5. The molecule has 0 atom stereocenters. The highest BCUT2D eigenvalue weighted by Crippen LogP contribution is 2.20. The van der Waals surface area contributed by atoms with Gasteiger partial charge in [-0.3, -0.25) is 4.79 Å². The van der Waals surface area contributed by atoms with E-state index in [4.69, 9.17) is 16.3 Å². The first-order valence-corrected chi connectivity index (χ1v) is 5.69. The molecule has 2 aromatic rings. The van der Waals surface area contributed by atoms with Gasteiger partial charge in [-0.05, 0) is 29.8 Å². The van der Waals surface area contributed by atoms with Crippen molar-refractivity contribution in [2.24, 2.45) is 0 Å². The second kappa shape index (κ2) is 5.65. The van der Waals surface area contributed by atoms with Gasteiger partial charge in [0.1, 0.15) is 18.2 Å². The Bertz CT molecular complexity index is 569. The third kappa shape index (κ3) is 2.87. The van der Waals surface area contributed by atoms with Crippen molar-refractivity contribution in [3.8, 4) is 5.75 Å². The maximum atomic E-state index is 13.0. The number of carbonyl (C=O) groups excluding carboxylic acids is 1. The van der Waals surface area contributed by atoms with Crippen LogP contribution in [-0.2, 0) is 6.61 Å². The van der Waals surface area contributed by atoms with E-state index >= 15 is 0 Å². The lowest BCUT2D eigenvalue weighted by atomic mass is 10.2. The maximum absolute atomic E-state index is 13.0. The number of ether oxygens (including phenoxy) is 1. The maximum Gasteiger partial charge on any atom is 0.153 e. The van der Waals surface area contributed by atoms with E-state index in [1.54, 1.807) is 30.3 Å². The molecular weight excluding hydrogens is 255 g/mol. The standard InChI is InChI=1S/C14H10ClFO2/c15-12-7-10(5-6-13(12)16)9-18-14-4-2-1-3-11(14)8-17/h1-8H,9H2. The molecule has 0 saturated carbocycles. The zero-order valence-electron chi connectivity index (χ0n) is 9.40. The van der Waals surface area contributed by atoms with Crippen molar-refractivity contribution >= 4 is 17.9 Å².